The highest BCUT2D eigenvalue weighted by atomic mass is 127. The first kappa shape index (κ1) is 14.4. The number of halogens is 2. The standard InChI is InChI=1S/C11H19BrIN3/c1-3-9-11(12)10(16(2)15-9)8-14-7-5-4-6-13/h14H,3-8H2,1-2H3. The molecule has 0 bridgehead atoms. The minimum absolute atomic E-state index is 0.894. The molecule has 0 radical (unpaired) electrons. The van der Waals surface area contributed by atoms with Gasteiger partial charge in [-0.25, -0.2) is 0 Å². The number of aryl methyl sites for hydroxylation is 2. The topological polar surface area (TPSA) is 29.9 Å². The molecule has 0 amide bonds. The second-order valence-corrected chi connectivity index (χ2v) is 5.63. The first-order valence-corrected chi connectivity index (χ1v) is 7.99. The maximum atomic E-state index is 4.47. The van der Waals surface area contributed by atoms with Gasteiger partial charge in [0.15, 0.2) is 0 Å². The molecule has 0 fully saturated rings. The van der Waals surface area contributed by atoms with Crippen molar-refractivity contribution < 1.29 is 0 Å². The Morgan fingerprint density at radius 2 is 2.19 bits per heavy atom. The normalized spacial score (nSPS) is 11.0. The summed E-state index contributed by atoms with van der Waals surface area (Å²) in [6.45, 7) is 4.11. The Bertz CT molecular complexity index is 325. The fourth-order valence-corrected chi connectivity index (χ4v) is 2.86. The van der Waals surface area contributed by atoms with Gasteiger partial charge in [0.1, 0.15) is 0 Å². The molecule has 1 aromatic heterocycles. The van der Waals surface area contributed by atoms with Crippen LogP contribution >= 0.6 is 38.5 Å². The molecule has 0 aliphatic carbocycles. The third-order valence-electron chi connectivity index (χ3n) is 2.53. The number of hydrogen-bond donors (Lipinski definition) is 1. The molecule has 1 heterocycles. The molecule has 0 atom stereocenters. The third kappa shape index (κ3) is 4.00. The quantitative estimate of drug-likeness (QED) is 0.434. The van der Waals surface area contributed by atoms with Gasteiger partial charge in [-0.2, -0.15) is 5.10 Å². The number of nitrogens with one attached hydrogen (secondary N) is 1. The van der Waals surface area contributed by atoms with Crippen molar-refractivity contribution in [2.24, 2.45) is 7.05 Å². The lowest BCUT2D eigenvalue weighted by molar-refractivity contribution is 0.602. The minimum atomic E-state index is 0.894. The van der Waals surface area contributed by atoms with E-state index < -0.39 is 0 Å². The van der Waals surface area contributed by atoms with E-state index in [2.05, 4.69) is 55.9 Å². The van der Waals surface area contributed by atoms with Gasteiger partial charge in [0.25, 0.3) is 0 Å². The van der Waals surface area contributed by atoms with Crippen LogP contribution in [0.3, 0.4) is 0 Å². The number of aromatic nitrogens is 2. The van der Waals surface area contributed by atoms with Gasteiger partial charge >= 0.3 is 0 Å². The van der Waals surface area contributed by atoms with E-state index in [0.29, 0.717) is 0 Å². The largest absolute Gasteiger partial charge is 0.311 e. The van der Waals surface area contributed by atoms with E-state index in [1.165, 1.54) is 27.4 Å². The lowest BCUT2D eigenvalue weighted by Crippen LogP contribution is -2.17. The molecule has 92 valence electrons. The second kappa shape index (κ2) is 7.66. The van der Waals surface area contributed by atoms with Crippen LogP contribution in [0.25, 0.3) is 0 Å². The van der Waals surface area contributed by atoms with Crippen molar-refractivity contribution >= 4 is 38.5 Å². The third-order valence-corrected chi connectivity index (χ3v) is 4.21. The first-order chi connectivity index (χ1) is 7.70. The molecule has 0 aromatic carbocycles. The molecule has 1 rings (SSSR count). The van der Waals surface area contributed by atoms with Gasteiger partial charge in [-0.3, -0.25) is 4.68 Å². The van der Waals surface area contributed by atoms with E-state index in [4.69, 9.17) is 0 Å². The Morgan fingerprint density at radius 1 is 1.44 bits per heavy atom. The molecule has 1 N–H and O–H groups in total. The summed E-state index contributed by atoms with van der Waals surface area (Å²) in [6, 6.07) is 0. The Morgan fingerprint density at radius 3 is 2.75 bits per heavy atom. The Labute approximate surface area is 120 Å². The van der Waals surface area contributed by atoms with E-state index in [9.17, 15) is 0 Å². The molecule has 1 aromatic rings. The highest BCUT2D eigenvalue weighted by Gasteiger charge is 2.11. The number of hydrogen-bond acceptors (Lipinski definition) is 2. The molecular weight excluding hydrogens is 381 g/mol. The predicted molar refractivity (Wildman–Crippen MR) is 80.1 cm³/mol. The SMILES string of the molecule is CCc1nn(C)c(CNCCCCI)c1Br. The van der Waals surface area contributed by atoms with Crippen LogP contribution < -0.4 is 5.32 Å². The van der Waals surface area contributed by atoms with Crippen molar-refractivity contribution in [2.45, 2.75) is 32.7 Å². The van der Waals surface area contributed by atoms with Crippen LogP contribution in [0.2, 0.25) is 0 Å². The molecular formula is C11H19BrIN3. The highest BCUT2D eigenvalue weighted by molar-refractivity contribution is 14.1. The molecule has 0 unspecified atom stereocenters. The van der Waals surface area contributed by atoms with Gasteiger partial charge in [0.2, 0.25) is 0 Å². The summed E-state index contributed by atoms with van der Waals surface area (Å²) in [5.74, 6) is 0. The smallest absolute Gasteiger partial charge is 0.0767 e. The number of unbranched alkanes of at least 4 members (excludes halogenated alkanes) is 1. The van der Waals surface area contributed by atoms with E-state index >= 15 is 0 Å². The van der Waals surface area contributed by atoms with Crippen molar-refractivity contribution in [1.82, 2.24) is 15.1 Å². The number of nitrogens with zero attached hydrogens (tertiary/aromatic N) is 2. The molecule has 0 saturated carbocycles. The molecule has 0 aliphatic heterocycles. The van der Waals surface area contributed by atoms with Crippen molar-refractivity contribution in [3.63, 3.8) is 0 Å². The first-order valence-electron chi connectivity index (χ1n) is 5.67. The lowest BCUT2D eigenvalue weighted by Gasteiger charge is -2.05. The van der Waals surface area contributed by atoms with Gasteiger partial charge in [-0.15, -0.1) is 0 Å². The summed E-state index contributed by atoms with van der Waals surface area (Å²) < 4.78 is 4.38. The lowest BCUT2D eigenvalue weighted by atomic mass is 10.3. The van der Waals surface area contributed by atoms with E-state index in [-0.39, 0.29) is 0 Å². The molecule has 0 saturated heterocycles. The fourth-order valence-electron chi connectivity index (χ4n) is 1.56. The zero-order chi connectivity index (χ0) is 12.0. The molecule has 0 aliphatic rings. The zero-order valence-electron chi connectivity index (χ0n) is 9.89. The predicted octanol–water partition coefficient (Wildman–Crippen LogP) is 3.05. The van der Waals surface area contributed by atoms with Crippen molar-refractivity contribution in [1.29, 1.82) is 0 Å². The van der Waals surface area contributed by atoms with Crippen LogP contribution in [-0.4, -0.2) is 20.8 Å². The summed E-state index contributed by atoms with van der Waals surface area (Å²) in [7, 11) is 2.01. The number of alkyl halides is 1. The summed E-state index contributed by atoms with van der Waals surface area (Å²) in [6.07, 6.45) is 3.52. The maximum Gasteiger partial charge on any atom is 0.0767 e. The Kier molecular flexibility index (Phi) is 6.91. The van der Waals surface area contributed by atoms with Crippen LogP contribution in [-0.2, 0) is 20.0 Å². The highest BCUT2D eigenvalue weighted by Crippen LogP contribution is 2.21. The van der Waals surface area contributed by atoms with Crippen LogP contribution in [0, 0.1) is 0 Å². The van der Waals surface area contributed by atoms with Gasteiger partial charge in [0, 0.05) is 13.6 Å². The zero-order valence-corrected chi connectivity index (χ0v) is 13.6. The molecule has 16 heavy (non-hydrogen) atoms. The van der Waals surface area contributed by atoms with Crippen molar-refractivity contribution in [2.75, 3.05) is 11.0 Å². The van der Waals surface area contributed by atoms with E-state index in [1.54, 1.807) is 0 Å². The maximum absolute atomic E-state index is 4.47. The summed E-state index contributed by atoms with van der Waals surface area (Å²) in [5.41, 5.74) is 2.39. The van der Waals surface area contributed by atoms with Crippen LogP contribution in [0.4, 0.5) is 0 Å². The van der Waals surface area contributed by atoms with Crippen LogP contribution in [0.1, 0.15) is 31.2 Å². The second-order valence-electron chi connectivity index (χ2n) is 3.76. The molecule has 0 spiro atoms. The minimum Gasteiger partial charge on any atom is -0.311 e. The van der Waals surface area contributed by atoms with Gasteiger partial charge in [0.05, 0.1) is 15.9 Å². The Hall–Kier alpha value is 0.380. The fraction of sp³-hybridized carbons (Fsp3) is 0.727. The number of rotatable bonds is 7. The van der Waals surface area contributed by atoms with E-state index in [1.807, 2.05) is 11.7 Å². The molecule has 3 nitrogen and oxygen atoms in total. The Balaban J connectivity index is 2.44. The van der Waals surface area contributed by atoms with Crippen LogP contribution in [0.15, 0.2) is 4.47 Å². The van der Waals surface area contributed by atoms with E-state index in [0.717, 1.165) is 25.2 Å². The summed E-state index contributed by atoms with van der Waals surface area (Å²) in [5, 5.41) is 7.93. The van der Waals surface area contributed by atoms with Gasteiger partial charge in [-0.05, 0) is 46.2 Å². The average Bonchev–Trinajstić information content (AvgIpc) is 2.55. The van der Waals surface area contributed by atoms with Gasteiger partial charge in [-0.1, -0.05) is 29.5 Å². The van der Waals surface area contributed by atoms with Crippen molar-refractivity contribution in [3.8, 4) is 0 Å². The van der Waals surface area contributed by atoms with Crippen LogP contribution in [0.5, 0.6) is 0 Å². The monoisotopic (exact) mass is 399 g/mol. The molecule has 5 heteroatoms. The van der Waals surface area contributed by atoms with Crippen molar-refractivity contribution in [3.05, 3.63) is 15.9 Å². The summed E-state index contributed by atoms with van der Waals surface area (Å²) >= 11 is 6.04. The van der Waals surface area contributed by atoms with Gasteiger partial charge < -0.3 is 5.32 Å². The average molecular weight is 400 g/mol. The summed E-state index contributed by atoms with van der Waals surface area (Å²) in [4.78, 5) is 0.